The van der Waals surface area contributed by atoms with E-state index in [0.29, 0.717) is 12.4 Å². The molecule has 0 aliphatic heterocycles. The highest BCUT2D eigenvalue weighted by Crippen LogP contribution is 2.55. The summed E-state index contributed by atoms with van der Waals surface area (Å²) in [7, 11) is -1.77. The van der Waals surface area contributed by atoms with Gasteiger partial charge in [-0.05, 0) is 47.7 Å². The summed E-state index contributed by atoms with van der Waals surface area (Å²) in [6.45, 7) is 19.9. The molecule has 0 radical (unpaired) electrons. The van der Waals surface area contributed by atoms with E-state index in [1.165, 1.54) is 0 Å². The Kier molecular flexibility index (Phi) is 9.81. The van der Waals surface area contributed by atoms with Crippen molar-refractivity contribution in [2.75, 3.05) is 6.61 Å². The van der Waals surface area contributed by atoms with Gasteiger partial charge in [-0.1, -0.05) is 63.2 Å². The molecular weight excluding hydrogens is 509 g/mol. The molecular formula is C19H34BrO5P3Si. The van der Waals surface area contributed by atoms with Crippen molar-refractivity contribution in [2.45, 2.75) is 64.6 Å². The molecule has 0 heterocycles. The van der Waals surface area contributed by atoms with Gasteiger partial charge in [0.1, 0.15) is 5.75 Å². The maximum atomic E-state index is 12.6. The first-order valence-corrected chi connectivity index (χ1v) is 15.4. The lowest BCUT2D eigenvalue weighted by molar-refractivity contribution is 0.249. The molecule has 1 rings (SSSR count). The fourth-order valence-electron chi connectivity index (χ4n) is 2.65. The third-order valence-electron chi connectivity index (χ3n) is 5.46. The largest absolute Gasteiger partial charge is 0.535 e. The van der Waals surface area contributed by atoms with Crippen LogP contribution in [0, 0.1) is 0 Å². The minimum Gasteiger partial charge on any atom is -0.417 e. The number of hydrogen-bond acceptors (Lipinski definition) is 5. The van der Waals surface area contributed by atoms with Crippen molar-refractivity contribution in [2.24, 2.45) is 0 Å². The number of hydrogen-bond donors (Lipinski definition) is 0. The SMILES string of the molecule is C=Cc1cc(Br)cc(OP(=O)(OP)OP)c1C(C)(C)CCO[Si](C)(C)C(C)(C)C. The van der Waals surface area contributed by atoms with Crippen LogP contribution in [0.1, 0.15) is 52.2 Å². The lowest BCUT2D eigenvalue weighted by Crippen LogP contribution is -2.41. The summed E-state index contributed by atoms with van der Waals surface area (Å²) in [5.74, 6) is 0.417. The maximum Gasteiger partial charge on any atom is 0.535 e. The van der Waals surface area contributed by atoms with Crippen LogP contribution in [0.3, 0.4) is 0 Å². The zero-order chi connectivity index (χ0) is 22.7. The standard InChI is InChI=1S/C19H34BrO5P3Si/c1-9-14-12-15(20)13-16(23-28(21,24-26)25-27)17(14)19(5,6)10-11-22-29(7,8)18(2,3)4/h9,12-13H,1,10-11,26-27H2,2-8H3. The van der Waals surface area contributed by atoms with Gasteiger partial charge < -0.3 is 8.95 Å². The van der Waals surface area contributed by atoms with E-state index < -0.39 is 16.1 Å². The van der Waals surface area contributed by atoms with Gasteiger partial charge in [-0.2, -0.15) is 0 Å². The van der Waals surface area contributed by atoms with Gasteiger partial charge in [-0.3, -0.25) is 8.62 Å². The van der Waals surface area contributed by atoms with Gasteiger partial charge in [0.05, 0.1) is 0 Å². The molecule has 2 unspecified atom stereocenters. The second kappa shape index (κ2) is 10.4. The van der Waals surface area contributed by atoms with Crippen LogP contribution < -0.4 is 4.52 Å². The van der Waals surface area contributed by atoms with E-state index in [1.54, 1.807) is 12.1 Å². The minimum atomic E-state index is -3.78. The monoisotopic (exact) mass is 542 g/mol. The summed E-state index contributed by atoms with van der Waals surface area (Å²) in [6, 6.07) is 3.72. The number of rotatable bonds is 10. The fraction of sp³-hybridized carbons (Fsp3) is 0.579. The molecule has 0 aromatic heterocycles. The molecule has 2 atom stereocenters. The van der Waals surface area contributed by atoms with E-state index >= 15 is 0 Å². The Labute approximate surface area is 190 Å². The quantitative estimate of drug-likeness (QED) is 0.222. The molecule has 1 aromatic rings. The van der Waals surface area contributed by atoms with Crippen molar-refractivity contribution in [3.05, 3.63) is 34.3 Å². The fourth-order valence-corrected chi connectivity index (χ4v) is 5.53. The van der Waals surface area contributed by atoms with Crippen LogP contribution in [-0.4, -0.2) is 14.9 Å². The summed E-state index contributed by atoms with van der Waals surface area (Å²) in [4.78, 5) is 0. The normalized spacial score (nSPS) is 13.4. The van der Waals surface area contributed by atoms with Crippen molar-refractivity contribution in [3.8, 4) is 5.75 Å². The van der Waals surface area contributed by atoms with Crippen LogP contribution >= 0.6 is 42.7 Å². The topological polar surface area (TPSA) is 54.0 Å². The Morgan fingerprint density at radius 1 is 1.17 bits per heavy atom. The number of halogens is 1. The lowest BCUT2D eigenvalue weighted by atomic mass is 9.78. The van der Waals surface area contributed by atoms with Crippen LogP contribution in [0.4, 0.5) is 0 Å². The molecule has 0 bridgehead atoms. The third kappa shape index (κ3) is 7.22. The Morgan fingerprint density at radius 3 is 2.17 bits per heavy atom. The van der Waals surface area contributed by atoms with E-state index in [2.05, 4.69) is 70.2 Å². The Bertz CT molecular complexity index is 770. The van der Waals surface area contributed by atoms with Crippen molar-refractivity contribution >= 4 is 57.1 Å². The first-order valence-electron chi connectivity index (χ1n) is 9.29. The van der Waals surface area contributed by atoms with Crippen molar-refractivity contribution in [1.29, 1.82) is 0 Å². The predicted octanol–water partition coefficient (Wildman–Crippen LogP) is 7.88. The number of benzene rings is 1. The highest BCUT2D eigenvalue weighted by Gasteiger charge is 2.38. The first-order chi connectivity index (χ1) is 13.1. The molecule has 0 saturated heterocycles. The lowest BCUT2D eigenvalue weighted by Gasteiger charge is -2.37. The highest BCUT2D eigenvalue weighted by molar-refractivity contribution is 9.10. The Morgan fingerprint density at radius 2 is 1.72 bits per heavy atom. The molecule has 10 heteroatoms. The third-order valence-corrected chi connectivity index (χ3v) is 12.9. The average molecular weight is 543 g/mol. The van der Waals surface area contributed by atoms with Gasteiger partial charge in [-0.15, -0.1) is 0 Å². The van der Waals surface area contributed by atoms with Crippen LogP contribution in [-0.2, 0) is 23.0 Å². The van der Waals surface area contributed by atoms with E-state index in [0.717, 1.165) is 22.0 Å². The zero-order valence-corrected chi connectivity index (χ0v) is 24.2. The highest BCUT2D eigenvalue weighted by atomic mass is 79.9. The van der Waals surface area contributed by atoms with Gasteiger partial charge >= 0.3 is 7.82 Å². The molecule has 5 nitrogen and oxygen atoms in total. The molecule has 0 N–H and O–H groups in total. The van der Waals surface area contributed by atoms with Gasteiger partial charge in [0.25, 0.3) is 0 Å². The van der Waals surface area contributed by atoms with E-state index in [1.807, 2.05) is 25.0 Å². The zero-order valence-electron chi connectivity index (χ0n) is 18.4. The van der Waals surface area contributed by atoms with E-state index in [9.17, 15) is 4.57 Å². The van der Waals surface area contributed by atoms with Crippen LogP contribution in [0.2, 0.25) is 18.1 Å². The molecule has 166 valence electrons. The predicted molar refractivity (Wildman–Crippen MR) is 135 cm³/mol. The van der Waals surface area contributed by atoms with Crippen LogP contribution in [0.15, 0.2) is 23.2 Å². The second-order valence-electron chi connectivity index (χ2n) is 9.06. The molecule has 0 amide bonds. The molecule has 0 spiro atoms. The summed E-state index contributed by atoms with van der Waals surface area (Å²) >= 11 is 3.48. The summed E-state index contributed by atoms with van der Waals surface area (Å²) < 4.78 is 35.2. The molecule has 0 aliphatic rings. The van der Waals surface area contributed by atoms with Gasteiger partial charge in [0, 0.05) is 35.6 Å². The molecule has 0 fully saturated rings. The van der Waals surface area contributed by atoms with E-state index in [4.69, 9.17) is 17.6 Å². The van der Waals surface area contributed by atoms with E-state index in [-0.39, 0.29) is 10.5 Å². The summed E-state index contributed by atoms with van der Waals surface area (Å²) in [6.07, 6.45) is 2.52. The second-order valence-corrected chi connectivity index (χ2v) is 17.6. The van der Waals surface area contributed by atoms with Crippen LogP contribution in [0.25, 0.3) is 6.08 Å². The van der Waals surface area contributed by atoms with Crippen molar-refractivity contribution in [1.82, 2.24) is 0 Å². The van der Waals surface area contributed by atoms with Gasteiger partial charge in [0.15, 0.2) is 8.32 Å². The molecule has 1 aromatic carbocycles. The maximum absolute atomic E-state index is 12.6. The summed E-state index contributed by atoms with van der Waals surface area (Å²) in [5, 5.41) is 0.147. The van der Waals surface area contributed by atoms with Crippen LogP contribution in [0.5, 0.6) is 5.75 Å². The average Bonchev–Trinajstić information content (AvgIpc) is 2.59. The molecule has 29 heavy (non-hydrogen) atoms. The Balaban J connectivity index is 3.28. The smallest absolute Gasteiger partial charge is 0.417 e. The van der Waals surface area contributed by atoms with Gasteiger partial charge in [-0.25, -0.2) is 4.57 Å². The molecule has 0 aliphatic carbocycles. The first kappa shape index (κ1) is 27.5. The number of phosphoric acid groups is 1. The molecule has 0 saturated carbocycles. The van der Waals surface area contributed by atoms with Crippen molar-refractivity contribution < 1.29 is 22.1 Å². The summed E-state index contributed by atoms with van der Waals surface area (Å²) in [5.41, 5.74) is 1.42. The van der Waals surface area contributed by atoms with Crippen molar-refractivity contribution in [3.63, 3.8) is 0 Å². The Hall–Kier alpha value is 0.427. The minimum absolute atomic E-state index is 0.147. The van der Waals surface area contributed by atoms with Gasteiger partial charge in [0.2, 0.25) is 0 Å².